The molecule has 3 nitrogen and oxygen atoms in total. The van der Waals surface area contributed by atoms with Crippen molar-refractivity contribution in [1.29, 1.82) is 0 Å². The van der Waals surface area contributed by atoms with E-state index >= 15 is 0 Å². The highest BCUT2D eigenvalue weighted by Gasteiger charge is 2.06. The number of hydrogen-bond acceptors (Lipinski definition) is 3. The van der Waals surface area contributed by atoms with E-state index in [0.29, 0.717) is 0 Å². The molecule has 108 valence electrons. The van der Waals surface area contributed by atoms with Crippen molar-refractivity contribution < 1.29 is 0 Å². The normalized spacial score (nSPS) is 11.4. The standard InChI is InChI=1S/C17H19N3S/c1-20(2)11-10-18-14-8-5-9-15-16(14)17(21)12-6-3-4-7-13(12)19-15/h3-9,18H,10-11H2,1-2H3,(H,19,21). The van der Waals surface area contributed by atoms with Crippen molar-refractivity contribution in [2.24, 2.45) is 0 Å². The zero-order valence-electron chi connectivity index (χ0n) is 12.3. The Kier molecular flexibility index (Phi) is 3.90. The second-order valence-corrected chi connectivity index (χ2v) is 5.87. The van der Waals surface area contributed by atoms with Crippen LogP contribution in [-0.2, 0) is 0 Å². The third kappa shape index (κ3) is 2.77. The van der Waals surface area contributed by atoms with Crippen LogP contribution in [0.4, 0.5) is 5.69 Å². The Balaban J connectivity index is 2.13. The van der Waals surface area contributed by atoms with Gasteiger partial charge in [-0.1, -0.05) is 36.5 Å². The number of anilines is 1. The summed E-state index contributed by atoms with van der Waals surface area (Å²) in [7, 11) is 4.15. The number of nitrogens with zero attached hydrogens (tertiary/aromatic N) is 1. The molecule has 2 N–H and O–H groups in total. The molecule has 0 radical (unpaired) electrons. The lowest BCUT2D eigenvalue weighted by Gasteiger charge is -2.14. The second kappa shape index (κ2) is 5.84. The van der Waals surface area contributed by atoms with Crippen molar-refractivity contribution in [2.45, 2.75) is 0 Å². The van der Waals surface area contributed by atoms with Gasteiger partial charge in [-0.15, -0.1) is 0 Å². The van der Waals surface area contributed by atoms with E-state index in [1.807, 2.05) is 12.1 Å². The van der Waals surface area contributed by atoms with Gasteiger partial charge in [0.2, 0.25) is 0 Å². The number of aromatic nitrogens is 1. The van der Waals surface area contributed by atoms with Crippen LogP contribution in [0.3, 0.4) is 0 Å². The zero-order chi connectivity index (χ0) is 14.8. The average molecular weight is 297 g/mol. The summed E-state index contributed by atoms with van der Waals surface area (Å²) in [5, 5.41) is 5.70. The van der Waals surface area contributed by atoms with Crippen molar-refractivity contribution in [1.82, 2.24) is 9.88 Å². The summed E-state index contributed by atoms with van der Waals surface area (Å²) in [6.45, 7) is 1.88. The molecule has 0 aliphatic heterocycles. The van der Waals surface area contributed by atoms with Gasteiger partial charge in [-0.25, -0.2) is 0 Å². The molecule has 4 heteroatoms. The van der Waals surface area contributed by atoms with Crippen LogP contribution >= 0.6 is 12.2 Å². The van der Waals surface area contributed by atoms with Crippen LogP contribution in [-0.4, -0.2) is 37.1 Å². The minimum Gasteiger partial charge on any atom is -0.383 e. The van der Waals surface area contributed by atoms with Gasteiger partial charge in [0.05, 0.1) is 4.51 Å². The fourth-order valence-electron chi connectivity index (χ4n) is 2.53. The van der Waals surface area contributed by atoms with Gasteiger partial charge in [0.15, 0.2) is 0 Å². The molecule has 21 heavy (non-hydrogen) atoms. The van der Waals surface area contributed by atoms with Crippen molar-refractivity contribution in [2.75, 3.05) is 32.5 Å². The van der Waals surface area contributed by atoms with Gasteiger partial charge >= 0.3 is 0 Å². The lowest BCUT2D eigenvalue weighted by Crippen LogP contribution is -2.20. The van der Waals surface area contributed by atoms with Crippen LogP contribution in [0.1, 0.15) is 0 Å². The molecule has 0 spiro atoms. The van der Waals surface area contributed by atoms with Gasteiger partial charge in [0, 0.05) is 40.6 Å². The third-order valence-electron chi connectivity index (χ3n) is 3.61. The maximum Gasteiger partial charge on any atom is 0.0584 e. The summed E-state index contributed by atoms with van der Waals surface area (Å²) in [5.41, 5.74) is 3.26. The summed E-state index contributed by atoms with van der Waals surface area (Å²) < 4.78 is 0.910. The summed E-state index contributed by atoms with van der Waals surface area (Å²) in [5.74, 6) is 0. The highest BCUT2D eigenvalue weighted by atomic mass is 32.1. The molecule has 0 saturated carbocycles. The van der Waals surface area contributed by atoms with Crippen LogP contribution < -0.4 is 5.32 Å². The number of nitrogens with one attached hydrogen (secondary N) is 2. The highest BCUT2D eigenvalue weighted by Crippen LogP contribution is 2.28. The number of rotatable bonds is 4. The Morgan fingerprint density at radius 2 is 1.81 bits per heavy atom. The van der Waals surface area contributed by atoms with E-state index in [2.05, 4.69) is 59.6 Å². The van der Waals surface area contributed by atoms with Crippen LogP contribution in [0.2, 0.25) is 0 Å². The van der Waals surface area contributed by atoms with E-state index in [0.717, 1.165) is 45.1 Å². The predicted octanol–water partition coefficient (Wildman–Crippen LogP) is 4.02. The first-order valence-electron chi connectivity index (χ1n) is 7.09. The SMILES string of the molecule is CN(C)CCNc1cccc2[nH]c3ccccc3c(=S)c12. The Morgan fingerprint density at radius 3 is 2.62 bits per heavy atom. The summed E-state index contributed by atoms with van der Waals surface area (Å²) in [4.78, 5) is 5.63. The molecule has 0 aliphatic rings. The van der Waals surface area contributed by atoms with Crippen molar-refractivity contribution in [3.63, 3.8) is 0 Å². The van der Waals surface area contributed by atoms with E-state index in [1.54, 1.807) is 0 Å². The first kappa shape index (κ1) is 14.0. The number of para-hydroxylation sites is 1. The molecule has 1 aromatic heterocycles. The Bertz CT molecular complexity index is 836. The van der Waals surface area contributed by atoms with E-state index in [9.17, 15) is 0 Å². The number of likely N-dealkylation sites (N-methyl/N-ethyl adjacent to an activating group) is 1. The van der Waals surface area contributed by atoms with Crippen LogP contribution in [0.25, 0.3) is 21.8 Å². The lowest BCUT2D eigenvalue weighted by atomic mass is 10.1. The minimum absolute atomic E-state index is 0.897. The average Bonchev–Trinajstić information content (AvgIpc) is 2.47. The Morgan fingerprint density at radius 1 is 1.05 bits per heavy atom. The van der Waals surface area contributed by atoms with Crippen LogP contribution in [0.15, 0.2) is 42.5 Å². The maximum atomic E-state index is 5.71. The number of benzene rings is 2. The number of H-pyrrole nitrogens is 1. The van der Waals surface area contributed by atoms with Gasteiger partial charge < -0.3 is 15.2 Å². The molecule has 0 unspecified atom stereocenters. The fraction of sp³-hybridized carbons (Fsp3) is 0.235. The molecule has 0 aliphatic carbocycles. The Labute approximate surface area is 129 Å². The smallest absolute Gasteiger partial charge is 0.0584 e. The van der Waals surface area contributed by atoms with Crippen molar-refractivity contribution in [3.05, 3.63) is 47.0 Å². The quantitative estimate of drug-likeness (QED) is 0.563. The van der Waals surface area contributed by atoms with Crippen LogP contribution in [0.5, 0.6) is 0 Å². The molecular weight excluding hydrogens is 278 g/mol. The number of pyridine rings is 1. The zero-order valence-corrected chi connectivity index (χ0v) is 13.1. The molecule has 0 atom stereocenters. The number of fused-ring (bicyclic) bond motifs is 2. The topological polar surface area (TPSA) is 31.1 Å². The van der Waals surface area contributed by atoms with Crippen molar-refractivity contribution >= 4 is 39.7 Å². The summed E-state index contributed by atoms with van der Waals surface area (Å²) in [6.07, 6.45) is 0. The molecule has 3 rings (SSSR count). The molecule has 0 amide bonds. The monoisotopic (exact) mass is 297 g/mol. The fourth-order valence-corrected chi connectivity index (χ4v) is 2.93. The second-order valence-electron chi connectivity index (χ2n) is 5.46. The first-order valence-corrected chi connectivity index (χ1v) is 7.50. The third-order valence-corrected chi connectivity index (χ3v) is 4.03. The van der Waals surface area contributed by atoms with E-state index in [-0.39, 0.29) is 0 Å². The molecule has 2 aromatic carbocycles. The van der Waals surface area contributed by atoms with Gasteiger partial charge in [-0.3, -0.25) is 0 Å². The van der Waals surface area contributed by atoms with E-state index in [4.69, 9.17) is 12.2 Å². The first-order chi connectivity index (χ1) is 10.2. The minimum atomic E-state index is 0.897. The predicted molar refractivity (Wildman–Crippen MR) is 93.7 cm³/mol. The van der Waals surface area contributed by atoms with Gasteiger partial charge in [-0.2, -0.15) is 0 Å². The lowest BCUT2D eigenvalue weighted by molar-refractivity contribution is 0.425. The molecule has 0 bridgehead atoms. The molecular formula is C17H19N3S. The summed E-state index contributed by atoms with van der Waals surface area (Å²) >= 11 is 5.71. The van der Waals surface area contributed by atoms with Gasteiger partial charge in [-0.05, 0) is 32.3 Å². The van der Waals surface area contributed by atoms with Crippen LogP contribution in [0, 0.1) is 4.51 Å². The number of hydrogen-bond donors (Lipinski definition) is 2. The van der Waals surface area contributed by atoms with Gasteiger partial charge in [0.25, 0.3) is 0 Å². The van der Waals surface area contributed by atoms with E-state index < -0.39 is 0 Å². The maximum absolute atomic E-state index is 5.71. The van der Waals surface area contributed by atoms with Crippen molar-refractivity contribution in [3.8, 4) is 0 Å². The molecule has 1 heterocycles. The largest absolute Gasteiger partial charge is 0.383 e. The highest BCUT2D eigenvalue weighted by molar-refractivity contribution is 7.72. The van der Waals surface area contributed by atoms with E-state index in [1.165, 1.54) is 0 Å². The summed E-state index contributed by atoms with van der Waals surface area (Å²) in [6, 6.07) is 14.4. The molecule has 0 fully saturated rings. The Hall–Kier alpha value is -1.91. The molecule has 0 saturated heterocycles. The molecule has 3 aromatic rings. The van der Waals surface area contributed by atoms with Gasteiger partial charge in [0.1, 0.15) is 0 Å². The number of aromatic amines is 1.